The fourth-order valence-electron chi connectivity index (χ4n) is 4.24. The van der Waals surface area contributed by atoms with E-state index in [-0.39, 0.29) is 24.3 Å². The number of ether oxygens (including phenoxy) is 8. The fraction of sp³-hybridized carbons (Fsp3) is 0.333. The zero-order chi connectivity index (χ0) is 30.2. The molecule has 0 aliphatic carbocycles. The zero-order valence-corrected chi connectivity index (χ0v) is 23.0. The third-order valence-corrected chi connectivity index (χ3v) is 6.16. The van der Waals surface area contributed by atoms with E-state index in [1.165, 1.54) is 24.3 Å². The first-order chi connectivity index (χ1) is 20.2. The minimum atomic E-state index is -0.847. The first kappa shape index (κ1) is 30.3. The number of carbonyl (C=O) groups is 4. The summed E-state index contributed by atoms with van der Waals surface area (Å²) in [7, 11) is 0. The van der Waals surface area contributed by atoms with E-state index in [2.05, 4.69) is 13.2 Å². The molecule has 222 valence electrons. The van der Waals surface area contributed by atoms with E-state index in [1.807, 2.05) is 0 Å². The van der Waals surface area contributed by atoms with Crippen molar-refractivity contribution < 1.29 is 57.1 Å². The highest BCUT2D eigenvalue weighted by atomic mass is 16.7. The van der Waals surface area contributed by atoms with Crippen LogP contribution in [-0.4, -0.2) is 74.1 Å². The third-order valence-electron chi connectivity index (χ3n) is 6.16. The Balaban J connectivity index is 1.25. The van der Waals surface area contributed by atoms with E-state index < -0.39 is 60.9 Å². The van der Waals surface area contributed by atoms with Gasteiger partial charge in [0.1, 0.15) is 23.7 Å². The number of esters is 4. The first-order valence-corrected chi connectivity index (χ1v) is 13.0. The van der Waals surface area contributed by atoms with Gasteiger partial charge in [0, 0.05) is 26.0 Å². The van der Waals surface area contributed by atoms with Crippen LogP contribution in [0.15, 0.2) is 73.8 Å². The molecule has 2 fully saturated rings. The molecule has 0 radical (unpaired) electrons. The summed E-state index contributed by atoms with van der Waals surface area (Å²) in [6.07, 6.45) is -2.25. The van der Waals surface area contributed by atoms with Gasteiger partial charge in [0.2, 0.25) is 12.6 Å². The summed E-state index contributed by atoms with van der Waals surface area (Å²) in [4.78, 5) is 48.0. The quantitative estimate of drug-likeness (QED) is 0.157. The van der Waals surface area contributed by atoms with Crippen LogP contribution >= 0.6 is 0 Å². The van der Waals surface area contributed by atoms with Gasteiger partial charge < -0.3 is 37.9 Å². The highest BCUT2D eigenvalue weighted by Crippen LogP contribution is 2.32. The van der Waals surface area contributed by atoms with Crippen molar-refractivity contribution in [2.24, 2.45) is 0 Å². The Morgan fingerprint density at radius 3 is 1.38 bits per heavy atom. The third kappa shape index (κ3) is 7.74. The zero-order valence-electron chi connectivity index (χ0n) is 23.0. The van der Waals surface area contributed by atoms with Crippen molar-refractivity contribution in [3.05, 3.63) is 85.0 Å². The molecule has 2 unspecified atom stereocenters. The van der Waals surface area contributed by atoms with Gasteiger partial charge in [-0.05, 0) is 48.5 Å². The average Bonchev–Trinajstić information content (AvgIpc) is 3.56. The Morgan fingerprint density at radius 2 is 1.05 bits per heavy atom. The van der Waals surface area contributed by atoms with Crippen molar-refractivity contribution in [2.75, 3.05) is 13.2 Å². The van der Waals surface area contributed by atoms with Gasteiger partial charge >= 0.3 is 23.9 Å². The van der Waals surface area contributed by atoms with Crippen molar-refractivity contribution in [3.63, 3.8) is 0 Å². The van der Waals surface area contributed by atoms with Crippen LogP contribution in [0.4, 0.5) is 0 Å². The molecule has 4 rings (SSSR count). The molecule has 0 bridgehead atoms. The minimum Gasteiger partial charge on any atom is -0.455 e. The highest BCUT2D eigenvalue weighted by molar-refractivity contribution is 5.90. The van der Waals surface area contributed by atoms with Crippen molar-refractivity contribution in [1.29, 1.82) is 0 Å². The van der Waals surface area contributed by atoms with Gasteiger partial charge in [0.25, 0.3) is 0 Å². The van der Waals surface area contributed by atoms with Crippen LogP contribution < -0.4 is 9.47 Å². The summed E-state index contributed by atoms with van der Waals surface area (Å²) in [6, 6.07) is 12.2. The molecule has 2 aliphatic rings. The summed E-state index contributed by atoms with van der Waals surface area (Å²) >= 11 is 0. The van der Waals surface area contributed by atoms with Gasteiger partial charge in [-0.1, -0.05) is 13.2 Å². The second kappa shape index (κ2) is 13.8. The van der Waals surface area contributed by atoms with Crippen molar-refractivity contribution >= 4 is 23.9 Å². The maximum atomic E-state index is 12.7. The van der Waals surface area contributed by atoms with E-state index in [4.69, 9.17) is 37.9 Å². The van der Waals surface area contributed by atoms with Gasteiger partial charge in [-0.15, -0.1) is 0 Å². The Labute approximate surface area is 241 Å². The van der Waals surface area contributed by atoms with E-state index in [1.54, 1.807) is 38.1 Å². The van der Waals surface area contributed by atoms with Crippen LogP contribution in [0.1, 0.15) is 34.6 Å². The van der Waals surface area contributed by atoms with E-state index in [9.17, 15) is 19.2 Å². The summed E-state index contributed by atoms with van der Waals surface area (Å²) in [5.41, 5.74) is 0.534. The molecule has 2 heterocycles. The lowest BCUT2D eigenvalue weighted by atomic mass is 10.1. The lowest BCUT2D eigenvalue weighted by molar-refractivity contribution is -0.156. The van der Waals surface area contributed by atoms with E-state index >= 15 is 0 Å². The lowest BCUT2D eigenvalue weighted by Gasteiger charge is -2.18. The molecule has 0 aromatic heterocycles. The Bertz CT molecular complexity index is 1200. The Kier molecular flexibility index (Phi) is 9.94. The van der Waals surface area contributed by atoms with Gasteiger partial charge in [0.05, 0.1) is 24.3 Å². The maximum Gasteiger partial charge on any atom is 0.338 e. The smallest absolute Gasteiger partial charge is 0.338 e. The van der Waals surface area contributed by atoms with E-state index in [0.717, 1.165) is 12.2 Å². The molecule has 0 N–H and O–H groups in total. The van der Waals surface area contributed by atoms with E-state index in [0.29, 0.717) is 11.5 Å². The monoisotopic (exact) mass is 582 g/mol. The molecule has 0 amide bonds. The molecule has 0 saturated carbocycles. The molecule has 2 aliphatic heterocycles. The van der Waals surface area contributed by atoms with Crippen LogP contribution in [-0.2, 0) is 38.0 Å². The highest BCUT2D eigenvalue weighted by Gasteiger charge is 2.51. The number of hydrogen-bond acceptors (Lipinski definition) is 12. The van der Waals surface area contributed by atoms with Crippen LogP contribution in [0.5, 0.6) is 11.5 Å². The van der Waals surface area contributed by atoms with Crippen LogP contribution in [0.3, 0.4) is 0 Å². The molecule has 0 spiro atoms. The molecular weight excluding hydrogens is 552 g/mol. The SMILES string of the molecule is C=CC(=O)OC(C)Oc1ccc(C(=O)O[C@H]2CO[C@H]3[C@@H]2OC[C@H]3OC(=O)c2ccc(OC(C)OC(=O)C=C)cc2)cc1. The van der Waals surface area contributed by atoms with Crippen molar-refractivity contribution in [1.82, 2.24) is 0 Å². The van der Waals surface area contributed by atoms with Crippen LogP contribution in [0.2, 0.25) is 0 Å². The molecule has 12 heteroatoms. The van der Waals surface area contributed by atoms with Crippen LogP contribution in [0, 0.1) is 0 Å². The molecule has 2 aromatic carbocycles. The normalized spacial score (nSPS) is 22.0. The summed E-state index contributed by atoms with van der Waals surface area (Å²) < 4.78 is 43.6. The largest absolute Gasteiger partial charge is 0.455 e. The lowest BCUT2D eigenvalue weighted by Crippen LogP contribution is -2.36. The Morgan fingerprint density at radius 1 is 0.690 bits per heavy atom. The molecule has 12 nitrogen and oxygen atoms in total. The molecule has 2 saturated heterocycles. The molecule has 6 atom stereocenters. The number of hydrogen-bond donors (Lipinski definition) is 0. The maximum absolute atomic E-state index is 12.7. The summed E-state index contributed by atoms with van der Waals surface area (Å²) in [6.45, 7) is 9.89. The predicted molar refractivity (Wildman–Crippen MR) is 144 cm³/mol. The van der Waals surface area contributed by atoms with Crippen molar-refractivity contribution in [3.8, 4) is 11.5 Å². The Hall–Kier alpha value is -4.68. The molecule has 42 heavy (non-hydrogen) atoms. The summed E-state index contributed by atoms with van der Waals surface area (Å²) in [5, 5.41) is 0. The summed E-state index contributed by atoms with van der Waals surface area (Å²) in [5.74, 6) is -1.66. The average molecular weight is 583 g/mol. The standard InChI is InChI=1S/C30H30O12/c1-5-25(31)39-17(3)37-21-11-7-19(8-12-21)29(33)41-23-15-35-28-24(16-36-27(23)28)42-30(34)20-9-13-22(14-10-20)38-18(4)40-26(32)6-2/h5-14,17-18,23-24,27-28H,1-2,15-16H2,3-4H3/t17?,18?,23-,24+,27-,28-/m1/s1. The number of benzene rings is 2. The van der Waals surface area contributed by atoms with Gasteiger partial charge in [-0.25, -0.2) is 19.2 Å². The molecule has 2 aromatic rings. The number of fused-ring (bicyclic) bond motifs is 1. The van der Waals surface area contributed by atoms with Crippen molar-refractivity contribution in [2.45, 2.75) is 50.8 Å². The minimum absolute atomic E-state index is 0.0726. The van der Waals surface area contributed by atoms with Crippen LogP contribution in [0.25, 0.3) is 0 Å². The van der Waals surface area contributed by atoms with Gasteiger partial charge in [0.15, 0.2) is 12.2 Å². The van der Waals surface area contributed by atoms with Gasteiger partial charge in [-0.3, -0.25) is 0 Å². The topological polar surface area (TPSA) is 142 Å². The second-order valence-electron chi connectivity index (χ2n) is 9.19. The van der Waals surface area contributed by atoms with Gasteiger partial charge in [-0.2, -0.15) is 0 Å². The molecular formula is C30H30O12. The number of carbonyl (C=O) groups excluding carboxylic acids is 4. The number of rotatable bonds is 12. The predicted octanol–water partition coefficient (Wildman–Crippen LogP) is 3.14. The first-order valence-electron chi connectivity index (χ1n) is 13.0. The second-order valence-corrected chi connectivity index (χ2v) is 9.19. The fourth-order valence-corrected chi connectivity index (χ4v) is 4.24.